The highest BCUT2D eigenvalue weighted by Gasteiger charge is 2.11. The third kappa shape index (κ3) is 3.23. The van der Waals surface area contributed by atoms with Crippen molar-refractivity contribution in [3.05, 3.63) is 61.2 Å². The Bertz CT molecular complexity index is 641. The lowest BCUT2D eigenvalue weighted by molar-refractivity contribution is -0.385. The van der Waals surface area contributed by atoms with E-state index in [4.69, 9.17) is 0 Å². The summed E-state index contributed by atoms with van der Waals surface area (Å²) in [6, 6.07) is 11.1. The van der Waals surface area contributed by atoms with Crippen LogP contribution in [0.4, 0.5) is 17.1 Å². The average molecular weight is 368 g/mol. The summed E-state index contributed by atoms with van der Waals surface area (Å²) < 4.78 is 0.622. The number of nitrogens with one attached hydrogen (secondary N) is 1. The maximum Gasteiger partial charge on any atom is 0.282 e. The molecule has 2 aromatic rings. The molecule has 1 N–H and O–H groups in total. The smallest absolute Gasteiger partial charge is 0.282 e. The van der Waals surface area contributed by atoms with Crippen LogP contribution in [-0.2, 0) is 0 Å². The van der Waals surface area contributed by atoms with Crippen molar-refractivity contribution in [3.63, 3.8) is 0 Å². The minimum absolute atomic E-state index is 0.131. The van der Waals surface area contributed by atoms with Gasteiger partial charge in [0.25, 0.3) is 5.69 Å². The van der Waals surface area contributed by atoms with Gasteiger partial charge in [0.1, 0.15) is 0 Å². The number of benzene rings is 2. The Morgan fingerprint density at radius 3 is 2.26 bits per heavy atom. The molecule has 2 aromatic carbocycles. The van der Waals surface area contributed by atoms with Crippen molar-refractivity contribution in [1.82, 2.24) is 0 Å². The van der Waals surface area contributed by atoms with Gasteiger partial charge in [0.15, 0.2) is 0 Å². The normalized spacial score (nSPS) is 10.3. The number of nitro benzene ring substituents is 1. The molecule has 0 aliphatic heterocycles. The Balaban J connectivity index is 2.26. The third-order valence-corrected chi connectivity index (χ3v) is 3.80. The SMILES string of the molecule is Cc1ccc(Nc2ccc([N+](=O)[O-])c(I)c2)cc1C. The number of anilines is 2. The van der Waals surface area contributed by atoms with E-state index in [9.17, 15) is 10.1 Å². The maximum absolute atomic E-state index is 10.8. The van der Waals surface area contributed by atoms with Crippen molar-refractivity contribution in [1.29, 1.82) is 0 Å². The zero-order chi connectivity index (χ0) is 14.0. The lowest BCUT2D eigenvalue weighted by Crippen LogP contribution is -1.95. The van der Waals surface area contributed by atoms with E-state index in [2.05, 4.69) is 25.2 Å². The number of halogens is 1. The molecule has 0 bridgehead atoms. The lowest BCUT2D eigenvalue weighted by Gasteiger charge is -2.09. The quantitative estimate of drug-likeness (QED) is 0.491. The number of hydrogen-bond acceptors (Lipinski definition) is 3. The van der Waals surface area contributed by atoms with E-state index in [1.54, 1.807) is 12.1 Å². The van der Waals surface area contributed by atoms with E-state index in [0.29, 0.717) is 3.57 Å². The third-order valence-electron chi connectivity index (χ3n) is 2.94. The van der Waals surface area contributed by atoms with Gasteiger partial charge in [-0.1, -0.05) is 6.07 Å². The van der Waals surface area contributed by atoms with Crippen molar-refractivity contribution in [2.75, 3.05) is 5.32 Å². The largest absolute Gasteiger partial charge is 0.355 e. The minimum Gasteiger partial charge on any atom is -0.355 e. The second-order valence-electron chi connectivity index (χ2n) is 4.35. The molecule has 0 amide bonds. The van der Waals surface area contributed by atoms with Crippen LogP contribution >= 0.6 is 22.6 Å². The molecule has 0 aromatic heterocycles. The summed E-state index contributed by atoms with van der Waals surface area (Å²) >= 11 is 1.97. The number of aryl methyl sites for hydroxylation is 2. The number of hydrogen-bond donors (Lipinski definition) is 1. The fourth-order valence-electron chi connectivity index (χ4n) is 1.72. The molecular weight excluding hydrogens is 355 g/mol. The molecule has 5 heteroatoms. The monoisotopic (exact) mass is 368 g/mol. The van der Waals surface area contributed by atoms with Gasteiger partial charge in [-0.15, -0.1) is 0 Å². The average Bonchev–Trinajstić information content (AvgIpc) is 2.33. The zero-order valence-electron chi connectivity index (χ0n) is 10.6. The zero-order valence-corrected chi connectivity index (χ0v) is 12.8. The molecule has 0 spiro atoms. The molecular formula is C14H13IN2O2. The van der Waals surface area contributed by atoms with Crippen LogP contribution in [0.2, 0.25) is 0 Å². The molecule has 0 radical (unpaired) electrons. The van der Waals surface area contributed by atoms with Gasteiger partial charge in [0.2, 0.25) is 0 Å². The van der Waals surface area contributed by atoms with Crippen molar-refractivity contribution in [3.8, 4) is 0 Å². The van der Waals surface area contributed by atoms with Crippen LogP contribution in [0.5, 0.6) is 0 Å². The van der Waals surface area contributed by atoms with Gasteiger partial charge in [-0.05, 0) is 71.8 Å². The highest BCUT2D eigenvalue weighted by molar-refractivity contribution is 14.1. The molecule has 0 aliphatic rings. The first-order valence-electron chi connectivity index (χ1n) is 5.75. The standard InChI is InChI=1S/C14H13IN2O2/c1-9-3-4-11(7-10(9)2)16-12-5-6-14(17(18)19)13(15)8-12/h3-8,16H,1-2H3. The maximum atomic E-state index is 10.8. The Hall–Kier alpha value is -1.63. The van der Waals surface area contributed by atoms with E-state index < -0.39 is 0 Å². The fourth-order valence-corrected chi connectivity index (χ4v) is 2.43. The van der Waals surface area contributed by atoms with Crippen LogP contribution in [0.1, 0.15) is 11.1 Å². The summed E-state index contributed by atoms with van der Waals surface area (Å²) in [5.74, 6) is 0. The summed E-state index contributed by atoms with van der Waals surface area (Å²) in [6.45, 7) is 4.12. The van der Waals surface area contributed by atoms with Gasteiger partial charge in [0.05, 0.1) is 8.49 Å². The Morgan fingerprint density at radius 2 is 1.68 bits per heavy atom. The predicted molar refractivity (Wildman–Crippen MR) is 85.0 cm³/mol. The Labute approximate surface area is 125 Å². The first kappa shape index (κ1) is 13.8. The fraction of sp³-hybridized carbons (Fsp3) is 0.143. The van der Waals surface area contributed by atoms with Crippen molar-refractivity contribution >= 4 is 39.7 Å². The number of rotatable bonds is 3. The van der Waals surface area contributed by atoms with Crippen LogP contribution in [0.15, 0.2) is 36.4 Å². The van der Waals surface area contributed by atoms with Gasteiger partial charge in [-0.3, -0.25) is 10.1 Å². The summed E-state index contributed by atoms with van der Waals surface area (Å²) in [6.07, 6.45) is 0. The summed E-state index contributed by atoms with van der Waals surface area (Å²) in [7, 11) is 0. The first-order valence-corrected chi connectivity index (χ1v) is 6.83. The molecule has 0 atom stereocenters. The van der Waals surface area contributed by atoms with Gasteiger partial charge in [-0.25, -0.2) is 0 Å². The molecule has 4 nitrogen and oxygen atoms in total. The lowest BCUT2D eigenvalue weighted by atomic mass is 10.1. The van der Waals surface area contributed by atoms with E-state index in [1.807, 2.05) is 34.7 Å². The van der Waals surface area contributed by atoms with Crippen LogP contribution in [0.3, 0.4) is 0 Å². The van der Waals surface area contributed by atoms with Crippen LogP contribution in [-0.4, -0.2) is 4.92 Å². The molecule has 2 rings (SSSR count). The van der Waals surface area contributed by atoms with Crippen LogP contribution < -0.4 is 5.32 Å². The van der Waals surface area contributed by atoms with Crippen molar-refractivity contribution in [2.45, 2.75) is 13.8 Å². The Kier molecular flexibility index (Phi) is 4.04. The first-order chi connectivity index (χ1) is 8.97. The van der Waals surface area contributed by atoms with Gasteiger partial charge >= 0.3 is 0 Å². The second-order valence-corrected chi connectivity index (χ2v) is 5.51. The Morgan fingerprint density at radius 1 is 1.05 bits per heavy atom. The van der Waals surface area contributed by atoms with E-state index in [-0.39, 0.29) is 10.6 Å². The molecule has 0 saturated heterocycles. The van der Waals surface area contributed by atoms with E-state index in [1.165, 1.54) is 17.2 Å². The van der Waals surface area contributed by atoms with Gasteiger partial charge in [-0.2, -0.15) is 0 Å². The topological polar surface area (TPSA) is 55.2 Å². The van der Waals surface area contributed by atoms with E-state index >= 15 is 0 Å². The van der Waals surface area contributed by atoms with Crippen molar-refractivity contribution < 1.29 is 4.92 Å². The molecule has 0 heterocycles. The van der Waals surface area contributed by atoms with E-state index in [0.717, 1.165) is 11.4 Å². The number of nitro groups is 1. The molecule has 19 heavy (non-hydrogen) atoms. The van der Waals surface area contributed by atoms with Crippen LogP contribution in [0.25, 0.3) is 0 Å². The van der Waals surface area contributed by atoms with Gasteiger partial charge < -0.3 is 5.32 Å². The summed E-state index contributed by atoms with van der Waals surface area (Å²) in [4.78, 5) is 10.4. The predicted octanol–water partition coefficient (Wildman–Crippen LogP) is 4.56. The molecule has 0 saturated carbocycles. The molecule has 0 unspecified atom stereocenters. The van der Waals surface area contributed by atoms with Crippen molar-refractivity contribution in [2.24, 2.45) is 0 Å². The summed E-state index contributed by atoms with van der Waals surface area (Å²) in [5.41, 5.74) is 4.41. The molecule has 98 valence electrons. The van der Waals surface area contributed by atoms with Crippen LogP contribution in [0, 0.1) is 27.5 Å². The van der Waals surface area contributed by atoms with Gasteiger partial charge in [0, 0.05) is 17.4 Å². The second kappa shape index (κ2) is 5.56. The number of nitrogens with zero attached hydrogens (tertiary/aromatic N) is 1. The molecule has 0 fully saturated rings. The molecule has 0 aliphatic carbocycles. The summed E-state index contributed by atoms with van der Waals surface area (Å²) in [5, 5.41) is 14.0. The highest BCUT2D eigenvalue weighted by Crippen LogP contribution is 2.26. The minimum atomic E-state index is -0.373. The highest BCUT2D eigenvalue weighted by atomic mass is 127.